The Hall–Kier alpha value is -0.520. The normalized spacial score (nSPS) is 14.3. The molecular weight excluding hydrogens is 126 g/mol. The van der Waals surface area contributed by atoms with E-state index >= 15 is 0 Å². The van der Waals surface area contributed by atoms with Crippen LogP contribution in [0.5, 0.6) is 0 Å². The Kier molecular flexibility index (Phi) is 3.41. The molecule has 58 valence electrons. The number of aliphatic hydroxyl groups is 1. The van der Waals surface area contributed by atoms with Crippen molar-refractivity contribution in [2.75, 3.05) is 6.54 Å². The topological polar surface area (TPSA) is 32.3 Å². The third-order valence-corrected chi connectivity index (χ3v) is 1.20. The molecule has 0 aromatic heterocycles. The molecule has 0 saturated carbocycles. The van der Waals surface area contributed by atoms with Gasteiger partial charge in [-0.3, -0.25) is 5.32 Å². The Balaban J connectivity index is 3.60. The highest BCUT2D eigenvalue weighted by atomic mass is 16.3. The van der Waals surface area contributed by atoms with Gasteiger partial charge in [0.2, 0.25) is 0 Å². The van der Waals surface area contributed by atoms with Gasteiger partial charge in [-0.05, 0) is 20.8 Å². The lowest BCUT2D eigenvalue weighted by Gasteiger charge is -2.20. The van der Waals surface area contributed by atoms with Crippen molar-refractivity contribution in [2.45, 2.75) is 32.4 Å². The molecule has 0 aromatic rings. The van der Waals surface area contributed by atoms with Crippen LogP contribution in [0.15, 0.2) is 0 Å². The highest BCUT2D eigenvalue weighted by molar-refractivity contribution is 5.07. The predicted octanol–water partition coefficient (Wildman–Crippen LogP) is 0.369. The highest BCUT2D eigenvalue weighted by Crippen LogP contribution is 1.97. The van der Waals surface area contributed by atoms with Gasteiger partial charge in [-0.25, -0.2) is 0 Å². The van der Waals surface area contributed by atoms with Gasteiger partial charge in [-0.2, -0.15) is 0 Å². The first-order valence-electron chi connectivity index (χ1n) is 3.39. The van der Waals surface area contributed by atoms with Crippen molar-refractivity contribution in [3.05, 3.63) is 0 Å². The molecule has 0 amide bonds. The summed E-state index contributed by atoms with van der Waals surface area (Å²) in [4.78, 5) is 0. The number of aliphatic hydroxyl groups excluding tert-OH is 1. The van der Waals surface area contributed by atoms with Gasteiger partial charge in [0.25, 0.3) is 0 Å². The van der Waals surface area contributed by atoms with E-state index in [0.29, 0.717) is 6.54 Å². The summed E-state index contributed by atoms with van der Waals surface area (Å²) in [5.74, 6) is 2.57. The standard InChI is InChI=1S/C8H15NO/c1-5-8(3,4)9-6-7(2)10/h1,7,9-10H,6H2,2-4H3/t7-/m0/s1. The third-order valence-electron chi connectivity index (χ3n) is 1.20. The molecule has 10 heavy (non-hydrogen) atoms. The highest BCUT2D eigenvalue weighted by Gasteiger charge is 2.12. The first kappa shape index (κ1) is 9.48. The Morgan fingerprint density at radius 2 is 2.20 bits per heavy atom. The van der Waals surface area contributed by atoms with Crippen LogP contribution in [-0.2, 0) is 0 Å². The molecule has 2 heteroatoms. The van der Waals surface area contributed by atoms with Gasteiger partial charge in [0.15, 0.2) is 0 Å². The van der Waals surface area contributed by atoms with Crippen LogP contribution >= 0.6 is 0 Å². The molecule has 2 nitrogen and oxygen atoms in total. The van der Waals surface area contributed by atoms with E-state index < -0.39 is 0 Å². The molecule has 0 saturated heterocycles. The molecule has 0 aliphatic heterocycles. The molecule has 1 atom stereocenters. The van der Waals surface area contributed by atoms with Crippen molar-refractivity contribution in [2.24, 2.45) is 0 Å². The van der Waals surface area contributed by atoms with Crippen LogP contribution in [0.1, 0.15) is 20.8 Å². The second-order valence-corrected chi connectivity index (χ2v) is 3.00. The maximum atomic E-state index is 8.88. The molecule has 0 heterocycles. The van der Waals surface area contributed by atoms with Crippen LogP contribution in [-0.4, -0.2) is 23.3 Å². The minimum atomic E-state index is -0.340. The molecule has 0 spiro atoms. The summed E-state index contributed by atoms with van der Waals surface area (Å²) in [5, 5.41) is 11.9. The lowest BCUT2D eigenvalue weighted by molar-refractivity contribution is 0.183. The second kappa shape index (κ2) is 3.60. The first-order chi connectivity index (χ1) is 4.48. The van der Waals surface area contributed by atoms with Crippen LogP contribution in [0.2, 0.25) is 0 Å². The Bertz CT molecular complexity index is 133. The molecular formula is C8H15NO. The summed E-state index contributed by atoms with van der Waals surface area (Å²) < 4.78 is 0. The molecule has 0 aromatic carbocycles. The quantitative estimate of drug-likeness (QED) is 0.556. The van der Waals surface area contributed by atoms with Gasteiger partial charge in [0.1, 0.15) is 0 Å². The molecule has 0 bridgehead atoms. The number of β-amino-alcohol motifs (C(OH)–C–C–N with tert-alkyl or cyclic N) is 1. The summed E-state index contributed by atoms with van der Waals surface area (Å²) in [5.41, 5.74) is -0.309. The lowest BCUT2D eigenvalue weighted by atomic mass is 10.1. The van der Waals surface area contributed by atoms with Crippen molar-refractivity contribution < 1.29 is 5.11 Å². The SMILES string of the molecule is C#CC(C)(C)NC[C@H](C)O. The number of hydrogen-bond acceptors (Lipinski definition) is 2. The van der Waals surface area contributed by atoms with Crippen molar-refractivity contribution in [1.29, 1.82) is 0 Å². The maximum absolute atomic E-state index is 8.88. The summed E-state index contributed by atoms with van der Waals surface area (Å²) in [7, 11) is 0. The Morgan fingerprint density at radius 1 is 1.70 bits per heavy atom. The van der Waals surface area contributed by atoms with E-state index in [1.54, 1.807) is 6.92 Å². The monoisotopic (exact) mass is 141 g/mol. The largest absolute Gasteiger partial charge is 0.392 e. The van der Waals surface area contributed by atoms with E-state index in [1.165, 1.54) is 0 Å². The average molecular weight is 141 g/mol. The van der Waals surface area contributed by atoms with E-state index in [-0.39, 0.29) is 11.6 Å². The van der Waals surface area contributed by atoms with E-state index in [2.05, 4.69) is 11.2 Å². The van der Waals surface area contributed by atoms with E-state index in [4.69, 9.17) is 11.5 Å². The number of nitrogens with one attached hydrogen (secondary N) is 1. The van der Waals surface area contributed by atoms with Crippen molar-refractivity contribution >= 4 is 0 Å². The smallest absolute Gasteiger partial charge is 0.0742 e. The zero-order valence-corrected chi connectivity index (χ0v) is 6.81. The molecule has 0 unspecified atom stereocenters. The average Bonchev–Trinajstić information content (AvgIpc) is 1.85. The van der Waals surface area contributed by atoms with Crippen LogP contribution in [0, 0.1) is 12.3 Å². The minimum absolute atomic E-state index is 0.309. The third kappa shape index (κ3) is 4.37. The second-order valence-electron chi connectivity index (χ2n) is 3.00. The Labute approximate surface area is 62.6 Å². The fourth-order valence-corrected chi connectivity index (χ4v) is 0.454. The van der Waals surface area contributed by atoms with Gasteiger partial charge >= 0.3 is 0 Å². The maximum Gasteiger partial charge on any atom is 0.0742 e. The van der Waals surface area contributed by atoms with Crippen LogP contribution < -0.4 is 5.32 Å². The van der Waals surface area contributed by atoms with Gasteiger partial charge < -0.3 is 5.11 Å². The van der Waals surface area contributed by atoms with Crippen LogP contribution in [0.25, 0.3) is 0 Å². The van der Waals surface area contributed by atoms with Gasteiger partial charge in [-0.15, -0.1) is 6.42 Å². The minimum Gasteiger partial charge on any atom is -0.392 e. The molecule has 2 N–H and O–H groups in total. The summed E-state index contributed by atoms with van der Waals surface area (Å²) in [6.07, 6.45) is 4.86. The predicted molar refractivity (Wildman–Crippen MR) is 42.6 cm³/mol. The zero-order valence-electron chi connectivity index (χ0n) is 6.81. The van der Waals surface area contributed by atoms with Gasteiger partial charge in [0, 0.05) is 6.54 Å². The van der Waals surface area contributed by atoms with Crippen LogP contribution in [0.3, 0.4) is 0 Å². The summed E-state index contributed by atoms with van der Waals surface area (Å²) in [6.45, 7) is 6.06. The van der Waals surface area contributed by atoms with E-state index in [0.717, 1.165) is 0 Å². The van der Waals surface area contributed by atoms with Crippen LogP contribution in [0.4, 0.5) is 0 Å². The van der Waals surface area contributed by atoms with Gasteiger partial charge in [-0.1, -0.05) is 5.92 Å². The molecule has 0 rings (SSSR count). The zero-order chi connectivity index (χ0) is 8.20. The molecule has 0 radical (unpaired) electrons. The molecule has 0 fully saturated rings. The van der Waals surface area contributed by atoms with Crippen molar-refractivity contribution in [3.63, 3.8) is 0 Å². The van der Waals surface area contributed by atoms with E-state index in [1.807, 2.05) is 13.8 Å². The van der Waals surface area contributed by atoms with E-state index in [9.17, 15) is 0 Å². The van der Waals surface area contributed by atoms with Crippen molar-refractivity contribution in [1.82, 2.24) is 5.32 Å². The first-order valence-corrected chi connectivity index (χ1v) is 3.39. The summed E-state index contributed by atoms with van der Waals surface area (Å²) >= 11 is 0. The fraction of sp³-hybridized carbons (Fsp3) is 0.750. The summed E-state index contributed by atoms with van der Waals surface area (Å²) in [6, 6.07) is 0. The van der Waals surface area contributed by atoms with Crippen molar-refractivity contribution in [3.8, 4) is 12.3 Å². The Morgan fingerprint density at radius 3 is 2.50 bits per heavy atom. The van der Waals surface area contributed by atoms with Gasteiger partial charge in [0.05, 0.1) is 11.6 Å². The number of terminal acetylenes is 1. The number of rotatable bonds is 3. The lowest BCUT2D eigenvalue weighted by Crippen LogP contribution is -2.41. The fourth-order valence-electron chi connectivity index (χ4n) is 0.454. The number of hydrogen-bond donors (Lipinski definition) is 2. The molecule has 0 aliphatic carbocycles. The molecule has 0 aliphatic rings.